The summed E-state index contributed by atoms with van der Waals surface area (Å²) in [7, 11) is 0. The molecule has 1 rings (SSSR count). The number of rotatable bonds is 7. The maximum Gasteiger partial charge on any atom is 0.313 e. The summed E-state index contributed by atoms with van der Waals surface area (Å²) in [5.74, 6) is -1.29. The van der Waals surface area contributed by atoms with E-state index in [9.17, 15) is 9.59 Å². The molecule has 0 heterocycles. The lowest BCUT2D eigenvalue weighted by Gasteiger charge is -2.21. The number of aliphatic hydroxyl groups is 1. The normalized spacial score (nSPS) is 11.2. The van der Waals surface area contributed by atoms with Crippen molar-refractivity contribution in [2.24, 2.45) is 5.41 Å². The lowest BCUT2D eigenvalue weighted by molar-refractivity contribution is -0.136. The molecular formula is C18H28N2O3. The van der Waals surface area contributed by atoms with Crippen LogP contribution in [0.4, 0.5) is 5.69 Å². The van der Waals surface area contributed by atoms with E-state index in [1.54, 1.807) is 6.07 Å². The van der Waals surface area contributed by atoms with Crippen LogP contribution in [-0.2, 0) is 16.0 Å². The summed E-state index contributed by atoms with van der Waals surface area (Å²) in [6, 6.07) is 5.62. The van der Waals surface area contributed by atoms with Gasteiger partial charge >= 0.3 is 11.8 Å². The van der Waals surface area contributed by atoms with Gasteiger partial charge in [-0.25, -0.2) is 0 Å². The van der Waals surface area contributed by atoms with Gasteiger partial charge in [0.2, 0.25) is 0 Å². The van der Waals surface area contributed by atoms with E-state index in [0.29, 0.717) is 12.2 Å². The van der Waals surface area contributed by atoms with Crippen LogP contribution in [0, 0.1) is 12.3 Å². The number of carbonyl (C=O) groups excluding carboxylic acids is 2. The first-order valence-corrected chi connectivity index (χ1v) is 8.08. The molecular weight excluding hydrogens is 292 g/mol. The molecule has 0 aromatic heterocycles. The third-order valence-electron chi connectivity index (χ3n) is 3.94. The number of hydrogen-bond donors (Lipinski definition) is 3. The van der Waals surface area contributed by atoms with Gasteiger partial charge in [0.05, 0.1) is 0 Å². The highest BCUT2D eigenvalue weighted by molar-refractivity contribution is 6.39. The average molecular weight is 320 g/mol. The minimum Gasteiger partial charge on any atom is -0.396 e. The van der Waals surface area contributed by atoms with Crippen molar-refractivity contribution in [3.05, 3.63) is 29.3 Å². The second-order valence-electron chi connectivity index (χ2n) is 6.63. The van der Waals surface area contributed by atoms with Crippen LogP contribution in [0.1, 0.15) is 44.7 Å². The Bertz CT molecular complexity index is 553. The second-order valence-corrected chi connectivity index (χ2v) is 6.63. The Morgan fingerprint density at radius 3 is 2.52 bits per heavy atom. The molecule has 0 saturated carbocycles. The first-order valence-electron chi connectivity index (χ1n) is 8.08. The summed E-state index contributed by atoms with van der Waals surface area (Å²) in [5, 5.41) is 14.4. The molecule has 0 fully saturated rings. The van der Waals surface area contributed by atoms with Gasteiger partial charge in [0.15, 0.2) is 0 Å². The highest BCUT2D eigenvalue weighted by atomic mass is 16.3. The highest BCUT2D eigenvalue weighted by Crippen LogP contribution is 2.20. The van der Waals surface area contributed by atoms with Crippen molar-refractivity contribution >= 4 is 17.5 Å². The van der Waals surface area contributed by atoms with Crippen LogP contribution in [-0.4, -0.2) is 30.1 Å². The molecule has 128 valence electrons. The average Bonchev–Trinajstić information content (AvgIpc) is 2.53. The van der Waals surface area contributed by atoms with E-state index < -0.39 is 11.8 Å². The Morgan fingerprint density at radius 2 is 1.91 bits per heavy atom. The zero-order valence-electron chi connectivity index (χ0n) is 14.5. The number of nitrogens with one attached hydrogen (secondary N) is 2. The van der Waals surface area contributed by atoms with Crippen molar-refractivity contribution in [1.29, 1.82) is 0 Å². The van der Waals surface area contributed by atoms with E-state index >= 15 is 0 Å². The first-order chi connectivity index (χ1) is 10.8. The van der Waals surface area contributed by atoms with Crippen LogP contribution in [0.25, 0.3) is 0 Å². The van der Waals surface area contributed by atoms with E-state index in [1.807, 2.05) is 32.9 Å². The van der Waals surface area contributed by atoms with Gasteiger partial charge in [-0.2, -0.15) is 0 Å². The van der Waals surface area contributed by atoms with E-state index in [0.717, 1.165) is 24.8 Å². The number of benzene rings is 1. The topological polar surface area (TPSA) is 78.4 Å². The highest BCUT2D eigenvalue weighted by Gasteiger charge is 2.17. The van der Waals surface area contributed by atoms with Crippen molar-refractivity contribution in [2.45, 2.75) is 47.0 Å². The fourth-order valence-electron chi connectivity index (χ4n) is 2.25. The fraction of sp³-hybridized carbons (Fsp3) is 0.556. The third-order valence-corrected chi connectivity index (χ3v) is 3.94. The Balaban J connectivity index is 2.44. The molecule has 0 atom stereocenters. The third kappa shape index (κ3) is 6.40. The first kappa shape index (κ1) is 19.2. The van der Waals surface area contributed by atoms with Gasteiger partial charge in [0.25, 0.3) is 0 Å². The Kier molecular flexibility index (Phi) is 7.23. The predicted octanol–water partition coefficient (Wildman–Crippen LogP) is 2.41. The number of anilines is 1. The Labute approximate surface area is 138 Å². The zero-order valence-corrected chi connectivity index (χ0v) is 14.5. The minimum absolute atomic E-state index is 0.106. The van der Waals surface area contributed by atoms with Crippen molar-refractivity contribution in [1.82, 2.24) is 5.32 Å². The van der Waals surface area contributed by atoms with Gasteiger partial charge in [0, 0.05) is 18.8 Å². The SMILES string of the molecule is CCc1cc(NC(=O)C(=O)NCCCC(C)(C)CO)ccc1C. The van der Waals surface area contributed by atoms with Crippen LogP contribution in [0.15, 0.2) is 18.2 Å². The molecule has 0 radical (unpaired) electrons. The molecule has 0 bridgehead atoms. The van der Waals surface area contributed by atoms with Crippen molar-refractivity contribution in [3.8, 4) is 0 Å². The van der Waals surface area contributed by atoms with Crippen LogP contribution in [0.3, 0.4) is 0 Å². The largest absolute Gasteiger partial charge is 0.396 e. The summed E-state index contributed by atoms with van der Waals surface area (Å²) in [6.07, 6.45) is 2.38. The van der Waals surface area contributed by atoms with Gasteiger partial charge in [-0.3, -0.25) is 9.59 Å². The van der Waals surface area contributed by atoms with E-state index in [4.69, 9.17) is 5.11 Å². The minimum atomic E-state index is -0.655. The summed E-state index contributed by atoms with van der Waals surface area (Å²) >= 11 is 0. The quantitative estimate of drug-likeness (QED) is 0.533. The molecule has 1 aromatic carbocycles. The zero-order chi connectivity index (χ0) is 17.5. The summed E-state index contributed by atoms with van der Waals surface area (Å²) < 4.78 is 0. The molecule has 2 amide bonds. The van der Waals surface area contributed by atoms with Crippen molar-refractivity contribution in [2.75, 3.05) is 18.5 Å². The summed E-state index contributed by atoms with van der Waals surface area (Å²) in [6.45, 7) is 8.52. The van der Waals surface area contributed by atoms with Crippen molar-refractivity contribution < 1.29 is 14.7 Å². The van der Waals surface area contributed by atoms with Crippen LogP contribution in [0.2, 0.25) is 0 Å². The number of amides is 2. The molecule has 23 heavy (non-hydrogen) atoms. The molecule has 0 aliphatic rings. The molecule has 0 saturated heterocycles. The van der Waals surface area contributed by atoms with Crippen LogP contribution >= 0.6 is 0 Å². The number of carbonyl (C=O) groups is 2. The molecule has 0 aliphatic carbocycles. The standard InChI is InChI=1S/C18H28N2O3/c1-5-14-11-15(8-7-13(14)2)20-17(23)16(22)19-10-6-9-18(3,4)12-21/h7-8,11,21H,5-6,9-10,12H2,1-4H3,(H,19,22)(H,20,23). The van der Waals surface area contributed by atoms with Gasteiger partial charge in [-0.15, -0.1) is 0 Å². The smallest absolute Gasteiger partial charge is 0.313 e. The van der Waals surface area contributed by atoms with E-state index in [-0.39, 0.29) is 12.0 Å². The van der Waals surface area contributed by atoms with E-state index in [2.05, 4.69) is 17.6 Å². The molecule has 1 aromatic rings. The number of aryl methyl sites for hydroxylation is 2. The molecule has 5 nitrogen and oxygen atoms in total. The molecule has 0 spiro atoms. The molecule has 3 N–H and O–H groups in total. The lowest BCUT2D eigenvalue weighted by atomic mass is 9.89. The number of aliphatic hydroxyl groups excluding tert-OH is 1. The Hall–Kier alpha value is -1.88. The summed E-state index contributed by atoms with van der Waals surface area (Å²) in [4.78, 5) is 23.7. The monoisotopic (exact) mass is 320 g/mol. The number of hydrogen-bond acceptors (Lipinski definition) is 3. The van der Waals surface area contributed by atoms with Gasteiger partial charge < -0.3 is 15.7 Å². The lowest BCUT2D eigenvalue weighted by Crippen LogP contribution is -2.36. The maximum absolute atomic E-state index is 11.9. The fourth-order valence-corrected chi connectivity index (χ4v) is 2.25. The molecule has 5 heteroatoms. The van der Waals surface area contributed by atoms with Crippen LogP contribution in [0.5, 0.6) is 0 Å². The molecule has 0 unspecified atom stereocenters. The summed E-state index contributed by atoms with van der Waals surface area (Å²) in [5.41, 5.74) is 2.79. The van der Waals surface area contributed by atoms with Crippen molar-refractivity contribution in [3.63, 3.8) is 0 Å². The van der Waals surface area contributed by atoms with Crippen LogP contribution < -0.4 is 10.6 Å². The van der Waals surface area contributed by atoms with E-state index in [1.165, 1.54) is 5.56 Å². The predicted molar refractivity (Wildman–Crippen MR) is 92.3 cm³/mol. The second kappa shape index (κ2) is 8.67. The Morgan fingerprint density at radius 1 is 1.22 bits per heavy atom. The molecule has 0 aliphatic heterocycles. The maximum atomic E-state index is 11.9. The van der Waals surface area contributed by atoms with Gasteiger partial charge in [-0.1, -0.05) is 26.8 Å². The van der Waals surface area contributed by atoms with Gasteiger partial charge in [0.1, 0.15) is 0 Å². The van der Waals surface area contributed by atoms with Gasteiger partial charge in [-0.05, 0) is 54.9 Å².